The number of fused-ring (bicyclic) bond motifs is 1. The standard InChI is InChI=1S/C16H23N3O/c1-12(2)17-10-8-16(20)18-9-7-13-11-19-15-6-4-3-5-14(13)15/h3-6,11-12,17,19H,7-10H2,1-2H3,(H,18,20). The van der Waals surface area contributed by atoms with Crippen LogP contribution in [0.2, 0.25) is 0 Å². The Morgan fingerprint density at radius 1 is 1.25 bits per heavy atom. The fraction of sp³-hybridized carbons (Fsp3) is 0.438. The van der Waals surface area contributed by atoms with Crippen molar-refractivity contribution < 1.29 is 4.79 Å². The third-order valence-corrected chi connectivity index (χ3v) is 3.30. The van der Waals surface area contributed by atoms with Crippen LogP contribution in [0.5, 0.6) is 0 Å². The highest BCUT2D eigenvalue weighted by molar-refractivity contribution is 5.83. The summed E-state index contributed by atoms with van der Waals surface area (Å²) in [7, 11) is 0. The van der Waals surface area contributed by atoms with Crippen LogP contribution in [0.4, 0.5) is 0 Å². The summed E-state index contributed by atoms with van der Waals surface area (Å²) in [4.78, 5) is 14.9. The van der Waals surface area contributed by atoms with Gasteiger partial charge in [0.25, 0.3) is 0 Å². The van der Waals surface area contributed by atoms with E-state index in [0.717, 1.165) is 18.5 Å². The Morgan fingerprint density at radius 2 is 2.05 bits per heavy atom. The summed E-state index contributed by atoms with van der Waals surface area (Å²) in [5.41, 5.74) is 2.40. The van der Waals surface area contributed by atoms with Crippen LogP contribution in [0.1, 0.15) is 25.8 Å². The van der Waals surface area contributed by atoms with Gasteiger partial charge in [-0.25, -0.2) is 0 Å². The molecule has 4 nitrogen and oxygen atoms in total. The normalized spacial score (nSPS) is 11.2. The van der Waals surface area contributed by atoms with E-state index in [0.29, 0.717) is 19.0 Å². The zero-order valence-electron chi connectivity index (χ0n) is 12.2. The van der Waals surface area contributed by atoms with Gasteiger partial charge in [-0.3, -0.25) is 4.79 Å². The third-order valence-electron chi connectivity index (χ3n) is 3.30. The lowest BCUT2D eigenvalue weighted by molar-refractivity contribution is -0.120. The van der Waals surface area contributed by atoms with Gasteiger partial charge in [0.05, 0.1) is 0 Å². The van der Waals surface area contributed by atoms with E-state index in [9.17, 15) is 4.79 Å². The number of hydrogen-bond acceptors (Lipinski definition) is 2. The van der Waals surface area contributed by atoms with Gasteiger partial charge in [0, 0.05) is 42.7 Å². The highest BCUT2D eigenvalue weighted by atomic mass is 16.1. The molecule has 0 radical (unpaired) electrons. The first-order chi connectivity index (χ1) is 9.66. The molecule has 1 aromatic carbocycles. The number of amides is 1. The van der Waals surface area contributed by atoms with Gasteiger partial charge in [0.2, 0.25) is 5.91 Å². The molecule has 2 aromatic rings. The molecule has 0 spiro atoms. The summed E-state index contributed by atoms with van der Waals surface area (Å²) in [6, 6.07) is 8.65. The second kappa shape index (κ2) is 7.10. The predicted octanol–water partition coefficient (Wildman–Crippen LogP) is 2.21. The molecule has 4 heteroatoms. The van der Waals surface area contributed by atoms with Gasteiger partial charge < -0.3 is 15.6 Å². The summed E-state index contributed by atoms with van der Waals surface area (Å²) in [5.74, 6) is 0.109. The minimum atomic E-state index is 0.109. The summed E-state index contributed by atoms with van der Waals surface area (Å²) in [6.07, 6.45) is 3.41. The Hall–Kier alpha value is -1.81. The Labute approximate surface area is 120 Å². The third kappa shape index (κ3) is 4.10. The van der Waals surface area contributed by atoms with Crippen molar-refractivity contribution in [2.24, 2.45) is 0 Å². The largest absolute Gasteiger partial charge is 0.361 e. The second-order valence-electron chi connectivity index (χ2n) is 5.32. The number of carbonyl (C=O) groups excluding carboxylic acids is 1. The van der Waals surface area contributed by atoms with Crippen molar-refractivity contribution >= 4 is 16.8 Å². The van der Waals surface area contributed by atoms with E-state index in [1.807, 2.05) is 18.3 Å². The van der Waals surface area contributed by atoms with Crippen molar-refractivity contribution in [2.75, 3.05) is 13.1 Å². The molecule has 3 N–H and O–H groups in total. The van der Waals surface area contributed by atoms with Gasteiger partial charge in [0.15, 0.2) is 0 Å². The van der Waals surface area contributed by atoms with Gasteiger partial charge in [0.1, 0.15) is 0 Å². The molecule has 1 heterocycles. The quantitative estimate of drug-likeness (QED) is 0.724. The van der Waals surface area contributed by atoms with Crippen LogP contribution in [-0.2, 0) is 11.2 Å². The van der Waals surface area contributed by atoms with Crippen molar-refractivity contribution in [3.8, 4) is 0 Å². The van der Waals surface area contributed by atoms with E-state index in [-0.39, 0.29) is 5.91 Å². The second-order valence-corrected chi connectivity index (χ2v) is 5.32. The lowest BCUT2D eigenvalue weighted by Crippen LogP contribution is -2.31. The lowest BCUT2D eigenvalue weighted by Gasteiger charge is -2.08. The summed E-state index contributed by atoms with van der Waals surface area (Å²) in [5, 5.41) is 7.44. The number of aromatic amines is 1. The van der Waals surface area contributed by atoms with Crippen LogP contribution in [0.25, 0.3) is 10.9 Å². The van der Waals surface area contributed by atoms with E-state index in [1.54, 1.807) is 0 Å². The van der Waals surface area contributed by atoms with E-state index >= 15 is 0 Å². The fourth-order valence-corrected chi connectivity index (χ4v) is 2.24. The monoisotopic (exact) mass is 273 g/mol. The molecule has 0 unspecified atom stereocenters. The first-order valence-corrected chi connectivity index (χ1v) is 7.22. The van der Waals surface area contributed by atoms with E-state index in [2.05, 4.69) is 41.6 Å². The SMILES string of the molecule is CC(C)NCCC(=O)NCCc1c[nH]c2ccccc12. The van der Waals surface area contributed by atoms with Crippen molar-refractivity contribution in [3.05, 3.63) is 36.0 Å². The van der Waals surface area contributed by atoms with Crippen molar-refractivity contribution in [3.63, 3.8) is 0 Å². The van der Waals surface area contributed by atoms with Crippen LogP contribution in [0.15, 0.2) is 30.5 Å². The zero-order valence-corrected chi connectivity index (χ0v) is 12.2. The number of aromatic nitrogens is 1. The summed E-state index contributed by atoms with van der Waals surface area (Å²) < 4.78 is 0. The van der Waals surface area contributed by atoms with E-state index in [1.165, 1.54) is 10.9 Å². The van der Waals surface area contributed by atoms with Gasteiger partial charge in [-0.15, -0.1) is 0 Å². The molecule has 0 saturated heterocycles. The molecule has 0 aliphatic carbocycles. The molecular formula is C16H23N3O. The number of rotatable bonds is 7. The molecule has 0 fully saturated rings. The highest BCUT2D eigenvalue weighted by Gasteiger charge is 2.04. The first kappa shape index (κ1) is 14.6. The van der Waals surface area contributed by atoms with Crippen LogP contribution in [0.3, 0.4) is 0 Å². The maximum Gasteiger partial charge on any atom is 0.221 e. The molecule has 1 amide bonds. The Bertz CT molecular complexity index is 560. The number of para-hydroxylation sites is 1. The molecule has 20 heavy (non-hydrogen) atoms. The number of carbonyl (C=O) groups is 1. The van der Waals surface area contributed by atoms with Crippen molar-refractivity contribution in [1.82, 2.24) is 15.6 Å². The number of H-pyrrole nitrogens is 1. The van der Waals surface area contributed by atoms with Crippen LogP contribution >= 0.6 is 0 Å². The molecule has 1 aromatic heterocycles. The first-order valence-electron chi connectivity index (χ1n) is 7.22. The zero-order chi connectivity index (χ0) is 14.4. The van der Waals surface area contributed by atoms with Crippen molar-refractivity contribution in [1.29, 1.82) is 0 Å². The molecule has 0 atom stereocenters. The fourth-order valence-electron chi connectivity index (χ4n) is 2.24. The van der Waals surface area contributed by atoms with Gasteiger partial charge >= 0.3 is 0 Å². The topological polar surface area (TPSA) is 56.9 Å². The van der Waals surface area contributed by atoms with Crippen molar-refractivity contribution in [2.45, 2.75) is 32.7 Å². The highest BCUT2D eigenvalue weighted by Crippen LogP contribution is 2.17. The van der Waals surface area contributed by atoms with Crippen LogP contribution in [-0.4, -0.2) is 30.0 Å². The Morgan fingerprint density at radius 3 is 2.85 bits per heavy atom. The Balaban J connectivity index is 1.74. The van der Waals surface area contributed by atoms with Crippen LogP contribution < -0.4 is 10.6 Å². The number of hydrogen-bond donors (Lipinski definition) is 3. The molecular weight excluding hydrogens is 250 g/mol. The maximum atomic E-state index is 11.7. The average Bonchev–Trinajstić information content (AvgIpc) is 2.82. The van der Waals surface area contributed by atoms with Gasteiger partial charge in [-0.05, 0) is 18.1 Å². The minimum absolute atomic E-state index is 0.109. The summed E-state index contributed by atoms with van der Waals surface area (Å²) in [6.45, 7) is 5.57. The molecule has 2 rings (SSSR count). The summed E-state index contributed by atoms with van der Waals surface area (Å²) >= 11 is 0. The lowest BCUT2D eigenvalue weighted by atomic mass is 10.1. The molecule has 0 aliphatic rings. The molecule has 108 valence electrons. The smallest absolute Gasteiger partial charge is 0.221 e. The molecule has 0 aliphatic heterocycles. The molecule has 0 saturated carbocycles. The minimum Gasteiger partial charge on any atom is -0.361 e. The van der Waals surface area contributed by atoms with Gasteiger partial charge in [-0.2, -0.15) is 0 Å². The molecule has 0 bridgehead atoms. The van der Waals surface area contributed by atoms with E-state index < -0.39 is 0 Å². The average molecular weight is 273 g/mol. The van der Waals surface area contributed by atoms with Crippen LogP contribution in [0, 0.1) is 0 Å². The maximum absolute atomic E-state index is 11.7. The predicted molar refractivity (Wildman–Crippen MR) is 82.8 cm³/mol. The van der Waals surface area contributed by atoms with E-state index in [4.69, 9.17) is 0 Å². The van der Waals surface area contributed by atoms with Gasteiger partial charge in [-0.1, -0.05) is 32.0 Å². The number of nitrogens with one attached hydrogen (secondary N) is 3. The number of benzene rings is 1. The Kier molecular flexibility index (Phi) is 5.18.